The van der Waals surface area contributed by atoms with E-state index in [1.54, 1.807) is 0 Å². The monoisotopic (exact) mass is 966 g/mol. The number of nitrogens with one attached hydrogen (secondary N) is 3. The Morgan fingerprint density at radius 2 is 0.580 bits per heavy atom. The zero-order valence-electron chi connectivity index (χ0n) is 45.4. The second kappa shape index (κ2) is 46.7. The van der Waals surface area contributed by atoms with E-state index >= 15 is 0 Å². The van der Waals surface area contributed by atoms with Crippen molar-refractivity contribution in [3.63, 3.8) is 0 Å². The van der Waals surface area contributed by atoms with Crippen LogP contribution in [0.1, 0.15) is 271 Å². The average molecular weight is 967 g/mol. The van der Waals surface area contributed by atoms with Gasteiger partial charge in [0.2, 0.25) is 23.6 Å². The summed E-state index contributed by atoms with van der Waals surface area (Å²) in [5.41, 5.74) is 0. The summed E-state index contributed by atoms with van der Waals surface area (Å²) in [6.07, 6.45) is 60.3. The van der Waals surface area contributed by atoms with Crippen molar-refractivity contribution in [1.82, 2.24) is 25.8 Å². The molecule has 4 amide bonds. The fourth-order valence-corrected chi connectivity index (χ4v) is 10.1. The molecule has 0 aromatic rings. The van der Waals surface area contributed by atoms with E-state index in [-0.39, 0.29) is 35.5 Å². The highest BCUT2D eigenvalue weighted by Crippen LogP contribution is 2.23. The Morgan fingerprint density at radius 1 is 0.348 bits per heavy atom. The van der Waals surface area contributed by atoms with Crippen molar-refractivity contribution in [2.75, 3.05) is 52.4 Å². The molecule has 2 aliphatic heterocycles. The van der Waals surface area contributed by atoms with E-state index in [9.17, 15) is 19.2 Å². The van der Waals surface area contributed by atoms with Crippen LogP contribution < -0.4 is 16.0 Å². The fraction of sp³-hybridized carbons (Fsp3) is 0.867. The Labute approximate surface area is 426 Å². The largest absolute Gasteiger partial charge is 0.314 e. The van der Waals surface area contributed by atoms with Gasteiger partial charge in [0.05, 0.1) is 11.8 Å². The number of hydrogen-bond acceptors (Lipinski definition) is 7. The minimum atomic E-state index is -0.305. The summed E-state index contributed by atoms with van der Waals surface area (Å²) in [6.45, 7) is 9.58. The maximum Gasteiger partial charge on any atom is 0.236 e. The molecule has 0 saturated carbocycles. The zero-order chi connectivity index (χ0) is 49.5. The van der Waals surface area contributed by atoms with Gasteiger partial charge >= 0.3 is 0 Å². The fourth-order valence-electron chi connectivity index (χ4n) is 10.1. The van der Waals surface area contributed by atoms with Crippen LogP contribution in [0.5, 0.6) is 0 Å². The zero-order valence-corrected chi connectivity index (χ0v) is 45.4. The molecular formula is C60H111N5O4. The van der Waals surface area contributed by atoms with Gasteiger partial charge < -0.3 is 16.0 Å². The first kappa shape index (κ1) is 62.8. The average Bonchev–Trinajstić information content (AvgIpc) is 3.78. The molecule has 400 valence electrons. The van der Waals surface area contributed by atoms with Crippen molar-refractivity contribution in [3.8, 4) is 0 Å². The Kier molecular flexibility index (Phi) is 42.5. The molecule has 2 atom stereocenters. The summed E-state index contributed by atoms with van der Waals surface area (Å²) in [6, 6.07) is 0. The third kappa shape index (κ3) is 34.6. The first-order valence-corrected chi connectivity index (χ1v) is 30.1. The van der Waals surface area contributed by atoms with E-state index in [4.69, 9.17) is 0 Å². The van der Waals surface area contributed by atoms with Gasteiger partial charge in [-0.2, -0.15) is 0 Å². The highest BCUT2D eigenvalue weighted by molar-refractivity contribution is 6.05. The molecule has 9 heteroatoms. The molecule has 9 nitrogen and oxygen atoms in total. The molecule has 2 saturated heterocycles. The molecule has 0 bridgehead atoms. The quantitative estimate of drug-likeness (QED) is 0.0316. The molecular weight excluding hydrogens is 855 g/mol. The Bertz CT molecular complexity index is 1210. The summed E-state index contributed by atoms with van der Waals surface area (Å²) in [7, 11) is 0. The number of nitrogens with zero attached hydrogens (tertiary/aromatic N) is 2. The lowest BCUT2D eigenvalue weighted by Crippen LogP contribution is -2.40. The predicted octanol–water partition coefficient (Wildman–Crippen LogP) is 14.5. The maximum atomic E-state index is 12.9. The van der Waals surface area contributed by atoms with E-state index in [0.29, 0.717) is 39.0 Å². The van der Waals surface area contributed by atoms with E-state index in [0.717, 1.165) is 51.9 Å². The van der Waals surface area contributed by atoms with Gasteiger partial charge in [0.1, 0.15) is 0 Å². The number of allylic oxidation sites excluding steroid dienone is 2. The molecule has 0 aliphatic carbocycles. The molecule has 0 aromatic carbocycles. The Balaban J connectivity index is 1.33. The topological polar surface area (TPSA) is 111 Å². The number of rotatable bonds is 52. The van der Waals surface area contributed by atoms with Gasteiger partial charge in [0.15, 0.2) is 0 Å². The van der Waals surface area contributed by atoms with Gasteiger partial charge in [-0.3, -0.25) is 29.0 Å². The van der Waals surface area contributed by atoms with Gasteiger partial charge in [-0.05, 0) is 25.7 Å². The Morgan fingerprint density at radius 3 is 0.841 bits per heavy atom. The third-order valence-corrected chi connectivity index (χ3v) is 14.7. The second-order valence-corrected chi connectivity index (χ2v) is 21.1. The summed E-state index contributed by atoms with van der Waals surface area (Å²) in [4.78, 5) is 53.8. The van der Waals surface area contributed by atoms with Gasteiger partial charge in [-0.25, -0.2) is 0 Å². The SMILES string of the molecule is CCCCCCCCCCCCCCCCCCCC/C=C/C1CC(=O)N(CCNCCNCCNCCN2C(=O)CC(/C=C/CCCCCCCCCCCCCCCCCCCC)C2=O)C1=O. The molecule has 2 aliphatic rings. The lowest BCUT2D eigenvalue weighted by atomic mass is 10.0. The van der Waals surface area contributed by atoms with E-state index in [1.165, 1.54) is 228 Å². The molecule has 2 heterocycles. The minimum Gasteiger partial charge on any atom is -0.314 e. The van der Waals surface area contributed by atoms with Gasteiger partial charge in [-0.15, -0.1) is 0 Å². The molecule has 0 radical (unpaired) electrons. The number of unbranched alkanes of at least 4 members (excludes halogenated alkanes) is 36. The van der Waals surface area contributed by atoms with Crippen LogP contribution in [0.4, 0.5) is 0 Å². The summed E-state index contributed by atoms with van der Waals surface area (Å²) in [5, 5.41) is 10.1. The molecule has 0 spiro atoms. The van der Waals surface area contributed by atoms with Crippen LogP contribution in [0.15, 0.2) is 24.3 Å². The molecule has 2 fully saturated rings. The lowest BCUT2D eigenvalue weighted by molar-refractivity contribution is -0.140. The van der Waals surface area contributed by atoms with Crippen molar-refractivity contribution in [3.05, 3.63) is 24.3 Å². The van der Waals surface area contributed by atoms with Crippen LogP contribution in [-0.2, 0) is 19.2 Å². The lowest BCUT2D eigenvalue weighted by Gasteiger charge is -2.15. The highest BCUT2D eigenvalue weighted by atomic mass is 16.2. The number of hydrogen-bond donors (Lipinski definition) is 3. The van der Waals surface area contributed by atoms with E-state index < -0.39 is 0 Å². The number of imide groups is 2. The second-order valence-electron chi connectivity index (χ2n) is 21.1. The van der Waals surface area contributed by atoms with Crippen molar-refractivity contribution in [2.24, 2.45) is 11.8 Å². The van der Waals surface area contributed by atoms with Gasteiger partial charge in [0.25, 0.3) is 0 Å². The molecule has 2 rings (SSSR count). The number of amides is 4. The van der Waals surface area contributed by atoms with Crippen LogP contribution in [0.2, 0.25) is 0 Å². The molecule has 2 unspecified atom stereocenters. The smallest absolute Gasteiger partial charge is 0.236 e. The van der Waals surface area contributed by atoms with Crippen molar-refractivity contribution >= 4 is 23.6 Å². The minimum absolute atomic E-state index is 0.0598. The molecule has 0 aromatic heterocycles. The molecule has 3 N–H and O–H groups in total. The van der Waals surface area contributed by atoms with E-state index in [2.05, 4.69) is 41.9 Å². The number of carbonyl (C=O) groups excluding carboxylic acids is 4. The summed E-state index contributed by atoms with van der Waals surface area (Å²) in [5.74, 6) is -0.861. The van der Waals surface area contributed by atoms with Crippen LogP contribution >= 0.6 is 0 Å². The maximum absolute atomic E-state index is 12.9. The van der Waals surface area contributed by atoms with Crippen molar-refractivity contribution in [1.29, 1.82) is 0 Å². The van der Waals surface area contributed by atoms with Crippen LogP contribution in [0, 0.1) is 11.8 Å². The van der Waals surface area contributed by atoms with Crippen LogP contribution in [0.25, 0.3) is 0 Å². The normalized spacial score (nSPS) is 16.6. The highest BCUT2D eigenvalue weighted by Gasteiger charge is 2.37. The third-order valence-electron chi connectivity index (χ3n) is 14.7. The van der Waals surface area contributed by atoms with E-state index in [1.807, 2.05) is 12.2 Å². The van der Waals surface area contributed by atoms with Crippen LogP contribution in [-0.4, -0.2) is 85.8 Å². The molecule has 69 heavy (non-hydrogen) atoms. The van der Waals surface area contributed by atoms with Crippen molar-refractivity contribution < 1.29 is 19.2 Å². The summed E-state index contributed by atoms with van der Waals surface area (Å²) >= 11 is 0. The predicted molar refractivity (Wildman–Crippen MR) is 293 cm³/mol. The van der Waals surface area contributed by atoms with Crippen LogP contribution in [0.3, 0.4) is 0 Å². The first-order valence-electron chi connectivity index (χ1n) is 30.1. The number of carbonyl (C=O) groups is 4. The first-order chi connectivity index (χ1) is 34.0. The van der Waals surface area contributed by atoms with Crippen molar-refractivity contribution in [2.45, 2.75) is 271 Å². The standard InChI is InChI=1S/C60H111N5O4/c1-3-5-7-9-11-13-15-17-19-21-23-25-27-29-31-33-35-37-39-41-43-55-53-57(66)64(59(55)68)51-49-62-47-45-61-46-48-63-50-52-65-58(67)54-56(60(65)69)44-42-40-38-36-34-32-30-28-26-24-22-20-18-16-14-12-10-8-6-4-2/h41-44,55-56,61-63H,3-40,45-54H2,1-2H3/b43-41+,44-42+. The number of likely N-dealkylation sites (tertiary alicyclic amines) is 2. The Hall–Kier alpha value is -2.36. The van der Waals surface area contributed by atoms with Gasteiger partial charge in [0, 0.05) is 65.2 Å². The summed E-state index contributed by atoms with van der Waals surface area (Å²) < 4.78 is 0. The van der Waals surface area contributed by atoms with Gasteiger partial charge in [-0.1, -0.05) is 256 Å².